The van der Waals surface area contributed by atoms with E-state index in [9.17, 15) is 49.7 Å². The van der Waals surface area contributed by atoms with Crippen molar-refractivity contribution >= 4 is 19.8 Å². The summed E-state index contributed by atoms with van der Waals surface area (Å²) in [6, 6.07) is 0. The predicted octanol–water partition coefficient (Wildman–Crippen LogP) is 8.58. The van der Waals surface area contributed by atoms with Crippen LogP contribution in [0.15, 0.2) is 109 Å². The van der Waals surface area contributed by atoms with E-state index in [1.165, 1.54) is 19.3 Å². The van der Waals surface area contributed by atoms with E-state index in [-0.39, 0.29) is 25.7 Å². The first-order chi connectivity index (χ1) is 31.8. The van der Waals surface area contributed by atoms with Crippen molar-refractivity contribution in [2.75, 3.05) is 13.2 Å². The quantitative estimate of drug-likeness (QED) is 0.0102. The molecule has 1 saturated carbocycles. The van der Waals surface area contributed by atoms with Gasteiger partial charge in [-0.1, -0.05) is 142 Å². The number of rotatable bonds is 37. The molecule has 0 bridgehead atoms. The molecular formula is C51H81O14P. The highest BCUT2D eigenvalue weighted by molar-refractivity contribution is 7.47. The van der Waals surface area contributed by atoms with Gasteiger partial charge in [-0.25, -0.2) is 4.57 Å². The lowest BCUT2D eigenvalue weighted by Gasteiger charge is -2.41. The van der Waals surface area contributed by atoms with Crippen molar-refractivity contribution < 1.29 is 68.2 Å². The standard InChI is InChI=1S/C51H81O14P/c1-3-5-7-9-11-13-15-17-18-19-20-21-22-24-26-28-30-32-34-38-45(54)64-43(41-63-66(60,61)65-51-49(58)47(56)46(55)48(57)50(51)59)40-62-44(53)39-35-37-42(52)36-33-31-29-27-25-23-16-14-12-10-8-6-4-2/h6,8,11-14,17-18,20-21,23-26,29,31,33,36,42-43,46-52,55-59H,3-5,7,9-10,15-16,19,22,27-28,30,32,34-35,37-41H2,1-2H3,(H,60,61)/b8-6-,13-11-,14-12-,18-17-,21-20-,25-23-,26-24-,31-29-,36-33+/t42?,43-,46?,47-,48+,49-,50-,51?/m1/s1. The number of aliphatic hydroxyl groups excluding tert-OH is 6. The summed E-state index contributed by atoms with van der Waals surface area (Å²) in [5, 5.41) is 60.5. The van der Waals surface area contributed by atoms with Gasteiger partial charge in [0.25, 0.3) is 0 Å². The number of aliphatic hydroxyl groups is 6. The molecule has 374 valence electrons. The molecule has 9 atom stereocenters. The topological polar surface area (TPSA) is 230 Å². The number of hydrogen-bond donors (Lipinski definition) is 7. The van der Waals surface area contributed by atoms with Crippen molar-refractivity contribution in [2.24, 2.45) is 0 Å². The molecule has 15 heteroatoms. The van der Waals surface area contributed by atoms with Gasteiger partial charge in [0.05, 0.1) is 12.7 Å². The molecule has 0 amide bonds. The van der Waals surface area contributed by atoms with Crippen LogP contribution in [0, 0.1) is 0 Å². The summed E-state index contributed by atoms with van der Waals surface area (Å²) in [5.74, 6) is -1.35. The fourth-order valence-electron chi connectivity index (χ4n) is 6.36. The molecule has 66 heavy (non-hydrogen) atoms. The van der Waals surface area contributed by atoms with Crippen LogP contribution in [0.1, 0.15) is 136 Å². The molecule has 0 aromatic carbocycles. The zero-order valence-corrected chi connectivity index (χ0v) is 40.2. The van der Waals surface area contributed by atoms with E-state index in [1.54, 1.807) is 12.2 Å². The van der Waals surface area contributed by atoms with Gasteiger partial charge in [0, 0.05) is 12.8 Å². The Kier molecular flexibility index (Phi) is 36.2. The van der Waals surface area contributed by atoms with Gasteiger partial charge in [-0.2, -0.15) is 0 Å². The first-order valence-electron chi connectivity index (χ1n) is 23.8. The van der Waals surface area contributed by atoms with Gasteiger partial charge >= 0.3 is 19.8 Å². The van der Waals surface area contributed by atoms with Crippen molar-refractivity contribution in [1.82, 2.24) is 0 Å². The normalized spacial score (nSPS) is 22.7. The number of ether oxygens (including phenoxy) is 2. The molecule has 0 spiro atoms. The zero-order chi connectivity index (χ0) is 48.7. The average molecular weight is 949 g/mol. The molecule has 0 aromatic heterocycles. The Labute approximate surface area is 394 Å². The van der Waals surface area contributed by atoms with Gasteiger partial charge in [-0.3, -0.25) is 18.6 Å². The van der Waals surface area contributed by atoms with Crippen molar-refractivity contribution in [1.29, 1.82) is 0 Å². The lowest BCUT2D eigenvalue weighted by molar-refractivity contribution is -0.220. The molecule has 14 nitrogen and oxygen atoms in total. The van der Waals surface area contributed by atoms with Crippen molar-refractivity contribution in [2.45, 2.75) is 185 Å². The average Bonchev–Trinajstić information content (AvgIpc) is 3.29. The number of carbonyl (C=O) groups is 2. The largest absolute Gasteiger partial charge is 0.472 e. The number of hydrogen-bond acceptors (Lipinski definition) is 13. The van der Waals surface area contributed by atoms with Crippen LogP contribution in [0.2, 0.25) is 0 Å². The summed E-state index contributed by atoms with van der Waals surface area (Å²) in [5.41, 5.74) is 0. The van der Waals surface area contributed by atoms with Crippen LogP contribution >= 0.6 is 7.82 Å². The number of unbranched alkanes of at least 4 members (excludes halogenated alkanes) is 6. The molecule has 0 saturated heterocycles. The summed E-state index contributed by atoms with van der Waals surface area (Å²) < 4.78 is 33.4. The van der Waals surface area contributed by atoms with Crippen LogP contribution in [-0.4, -0.2) is 110 Å². The summed E-state index contributed by atoms with van der Waals surface area (Å²) in [4.78, 5) is 35.8. The van der Waals surface area contributed by atoms with E-state index in [2.05, 4.69) is 98.9 Å². The molecule has 1 aliphatic carbocycles. The van der Waals surface area contributed by atoms with Gasteiger partial charge in [0.2, 0.25) is 0 Å². The maximum atomic E-state index is 12.8. The minimum atomic E-state index is -5.18. The lowest BCUT2D eigenvalue weighted by atomic mass is 9.85. The van der Waals surface area contributed by atoms with E-state index in [0.29, 0.717) is 6.42 Å². The summed E-state index contributed by atoms with van der Waals surface area (Å²) in [7, 11) is -5.18. The first-order valence-corrected chi connectivity index (χ1v) is 25.3. The van der Waals surface area contributed by atoms with Crippen LogP contribution in [0.5, 0.6) is 0 Å². The Balaban J connectivity index is 2.57. The van der Waals surface area contributed by atoms with Gasteiger partial charge in [0.15, 0.2) is 6.10 Å². The van der Waals surface area contributed by atoms with E-state index in [1.807, 2.05) is 12.2 Å². The van der Waals surface area contributed by atoms with Crippen LogP contribution in [0.4, 0.5) is 0 Å². The van der Waals surface area contributed by atoms with Crippen LogP contribution in [0.3, 0.4) is 0 Å². The SMILES string of the molecule is CC/C=C\C/C=C\C/C=C\C/C=C\C=C\C(O)CCCC(=O)OC[C@H](COP(=O)(O)OC1[C@H](O)[C@H](O)C(O)[C@H](O)[C@H]1O)OC(=O)CCCCC/C=C\C/C=C\C/C=C\C/C=C\CCCCC. The smallest absolute Gasteiger partial charge is 0.462 e. The Morgan fingerprint density at radius 1 is 0.561 bits per heavy atom. The zero-order valence-electron chi connectivity index (χ0n) is 39.3. The Bertz CT molecular complexity index is 1580. The Hall–Kier alpha value is -3.53. The van der Waals surface area contributed by atoms with E-state index in [4.69, 9.17) is 18.5 Å². The number of esters is 2. The highest BCUT2D eigenvalue weighted by atomic mass is 31.2. The second-order valence-electron chi connectivity index (χ2n) is 16.1. The third-order valence-corrected chi connectivity index (χ3v) is 11.2. The fourth-order valence-corrected chi connectivity index (χ4v) is 7.33. The van der Waals surface area contributed by atoms with Crippen LogP contribution < -0.4 is 0 Å². The summed E-state index contributed by atoms with van der Waals surface area (Å²) in [6.07, 6.45) is 37.3. The van der Waals surface area contributed by atoms with Gasteiger partial charge in [0.1, 0.15) is 43.2 Å². The van der Waals surface area contributed by atoms with Crippen LogP contribution in [-0.2, 0) is 32.7 Å². The predicted molar refractivity (Wildman–Crippen MR) is 259 cm³/mol. The molecule has 1 fully saturated rings. The van der Waals surface area contributed by atoms with Crippen molar-refractivity contribution in [3.8, 4) is 0 Å². The van der Waals surface area contributed by atoms with Crippen LogP contribution in [0.25, 0.3) is 0 Å². The van der Waals surface area contributed by atoms with Crippen molar-refractivity contribution in [3.05, 3.63) is 109 Å². The second kappa shape index (κ2) is 39.5. The molecule has 1 aliphatic rings. The summed E-state index contributed by atoms with van der Waals surface area (Å²) in [6.45, 7) is 2.95. The molecule has 0 radical (unpaired) electrons. The first kappa shape index (κ1) is 60.5. The molecular weight excluding hydrogens is 868 g/mol. The van der Waals surface area contributed by atoms with Gasteiger partial charge < -0.3 is 45.0 Å². The molecule has 0 aromatic rings. The molecule has 4 unspecified atom stereocenters. The maximum Gasteiger partial charge on any atom is 0.472 e. The summed E-state index contributed by atoms with van der Waals surface area (Å²) >= 11 is 0. The second-order valence-corrected chi connectivity index (χ2v) is 17.5. The number of phosphoric acid groups is 1. The van der Waals surface area contributed by atoms with E-state index >= 15 is 0 Å². The minimum Gasteiger partial charge on any atom is -0.462 e. The van der Waals surface area contributed by atoms with Gasteiger partial charge in [-0.15, -0.1) is 0 Å². The maximum absolute atomic E-state index is 12.8. The molecule has 1 rings (SSSR count). The van der Waals surface area contributed by atoms with Gasteiger partial charge in [-0.05, 0) is 89.9 Å². The highest BCUT2D eigenvalue weighted by Gasteiger charge is 2.51. The number of allylic oxidation sites excluding steroid dienone is 17. The Morgan fingerprint density at radius 2 is 1.05 bits per heavy atom. The third kappa shape index (κ3) is 31.4. The lowest BCUT2D eigenvalue weighted by Crippen LogP contribution is -2.64. The monoisotopic (exact) mass is 949 g/mol. The van der Waals surface area contributed by atoms with E-state index < -0.39 is 81.8 Å². The van der Waals surface area contributed by atoms with E-state index in [0.717, 1.165) is 70.6 Å². The molecule has 7 N–H and O–H groups in total. The van der Waals surface area contributed by atoms with Crippen molar-refractivity contribution in [3.63, 3.8) is 0 Å². The number of carbonyl (C=O) groups excluding carboxylic acids is 2. The minimum absolute atomic E-state index is 0.0111. The highest BCUT2D eigenvalue weighted by Crippen LogP contribution is 2.47. The third-order valence-electron chi connectivity index (χ3n) is 10.2. The molecule has 0 aliphatic heterocycles. The molecule has 0 heterocycles. The fraction of sp³-hybridized carbons (Fsp3) is 0.608. The Morgan fingerprint density at radius 3 is 1.59 bits per heavy atom. The number of phosphoric ester groups is 1.